The molecule has 0 aromatic heterocycles. The highest BCUT2D eigenvalue weighted by Crippen LogP contribution is 2.25. The summed E-state index contributed by atoms with van der Waals surface area (Å²) in [6.07, 6.45) is 0.831. The van der Waals surface area contributed by atoms with Gasteiger partial charge in [-0.2, -0.15) is 8.78 Å². The smallest absolute Gasteiger partial charge is 0.387 e. The minimum absolute atomic E-state index is 0.0412. The van der Waals surface area contributed by atoms with Gasteiger partial charge < -0.3 is 25.0 Å². The van der Waals surface area contributed by atoms with E-state index in [0.717, 1.165) is 12.0 Å². The molecule has 166 valence electrons. The third kappa shape index (κ3) is 6.07. The van der Waals surface area contributed by atoms with Gasteiger partial charge in [0.15, 0.2) is 5.96 Å². The standard InChI is InChI=1S/C22H26F2N4O3/c1-25-22(26-12-17-11-18(30-2)7-8-19(17)31-21(23)24)27-13-20(29)28-10-9-15-5-3-4-6-16(15)14-28/h3-8,11,21H,9-10,12-14H2,1-2H3,(H2,25,26,27). The molecule has 0 aliphatic carbocycles. The first-order valence-corrected chi connectivity index (χ1v) is 9.91. The van der Waals surface area contributed by atoms with Crippen LogP contribution in [0.5, 0.6) is 11.5 Å². The van der Waals surface area contributed by atoms with Gasteiger partial charge in [0.2, 0.25) is 5.91 Å². The summed E-state index contributed by atoms with van der Waals surface area (Å²) in [4.78, 5) is 18.5. The molecule has 1 amide bonds. The zero-order valence-corrected chi connectivity index (χ0v) is 17.5. The van der Waals surface area contributed by atoms with E-state index in [-0.39, 0.29) is 24.7 Å². The zero-order chi connectivity index (χ0) is 22.2. The van der Waals surface area contributed by atoms with Crippen LogP contribution in [-0.4, -0.2) is 50.6 Å². The van der Waals surface area contributed by atoms with Crippen LogP contribution in [0.15, 0.2) is 47.5 Å². The molecule has 1 heterocycles. The summed E-state index contributed by atoms with van der Waals surface area (Å²) in [5, 5.41) is 5.99. The second-order valence-electron chi connectivity index (χ2n) is 6.97. The quantitative estimate of drug-likeness (QED) is 0.520. The van der Waals surface area contributed by atoms with Crippen molar-refractivity contribution in [2.45, 2.75) is 26.1 Å². The first-order valence-electron chi connectivity index (χ1n) is 9.91. The van der Waals surface area contributed by atoms with Crippen molar-refractivity contribution in [2.75, 3.05) is 27.2 Å². The van der Waals surface area contributed by atoms with E-state index in [1.807, 2.05) is 18.2 Å². The van der Waals surface area contributed by atoms with Crippen LogP contribution >= 0.6 is 0 Å². The van der Waals surface area contributed by atoms with Crippen molar-refractivity contribution in [3.05, 3.63) is 59.2 Å². The van der Waals surface area contributed by atoms with Crippen LogP contribution in [0.1, 0.15) is 16.7 Å². The average Bonchev–Trinajstić information content (AvgIpc) is 2.79. The highest BCUT2D eigenvalue weighted by Gasteiger charge is 2.20. The number of ether oxygens (including phenoxy) is 2. The number of nitrogens with one attached hydrogen (secondary N) is 2. The normalized spacial score (nSPS) is 13.6. The summed E-state index contributed by atoms with van der Waals surface area (Å²) in [6, 6.07) is 12.7. The van der Waals surface area contributed by atoms with E-state index in [1.165, 1.54) is 18.7 Å². The molecule has 0 spiro atoms. The largest absolute Gasteiger partial charge is 0.497 e. The first-order chi connectivity index (χ1) is 15.0. The number of aliphatic imine (C=N–C) groups is 1. The molecule has 2 aromatic carbocycles. The molecule has 0 saturated carbocycles. The molecule has 0 unspecified atom stereocenters. The van der Waals surface area contributed by atoms with Crippen LogP contribution < -0.4 is 20.1 Å². The number of methoxy groups -OCH3 is 1. The Morgan fingerprint density at radius 3 is 2.68 bits per heavy atom. The van der Waals surface area contributed by atoms with Gasteiger partial charge in [-0.05, 0) is 35.7 Å². The third-order valence-electron chi connectivity index (χ3n) is 5.04. The molecule has 7 nitrogen and oxygen atoms in total. The number of nitrogens with zero attached hydrogens (tertiary/aromatic N) is 2. The predicted octanol–water partition coefficient (Wildman–Crippen LogP) is 2.55. The molecule has 0 saturated heterocycles. The van der Waals surface area contributed by atoms with E-state index < -0.39 is 6.61 Å². The van der Waals surface area contributed by atoms with Crippen LogP contribution in [0.4, 0.5) is 8.78 Å². The SMILES string of the molecule is CN=C(NCC(=O)N1CCc2ccccc2C1)NCc1cc(OC)ccc1OC(F)F. The molecule has 0 bridgehead atoms. The highest BCUT2D eigenvalue weighted by atomic mass is 19.3. The van der Waals surface area contributed by atoms with E-state index in [1.54, 1.807) is 24.1 Å². The van der Waals surface area contributed by atoms with E-state index in [4.69, 9.17) is 4.74 Å². The number of alkyl halides is 2. The monoisotopic (exact) mass is 432 g/mol. The lowest BCUT2D eigenvalue weighted by Gasteiger charge is -2.29. The second kappa shape index (κ2) is 10.6. The summed E-state index contributed by atoms with van der Waals surface area (Å²) in [7, 11) is 3.06. The number of fused-ring (bicyclic) bond motifs is 1. The molecular formula is C22H26F2N4O3. The van der Waals surface area contributed by atoms with Crippen molar-refractivity contribution in [1.29, 1.82) is 0 Å². The fraction of sp³-hybridized carbons (Fsp3) is 0.364. The molecule has 0 radical (unpaired) electrons. The number of halogens is 2. The van der Waals surface area contributed by atoms with Crippen molar-refractivity contribution in [1.82, 2.24) is 15.5 Å². The Morgan fingerprint density at radius 2 is 1.97 bits per heavy atom. The maximum Gasteiger partial charge on any atom is 0.387 e. The number of carbonyl (C=O) groups is 1. The molecule has 9 heteroatoms. The lowest BCUT2D eigenvalue weighted by Crippen LogP contribution is -2.45. The number of benzene rings is 2. The van der Waals surface area contributed by atoms with Gasteiger partial charge in [-0.1, -0.05) is 24.3 Å². The Kier molecular flexibility index (Phi) is 7.64. The third-order valence-corrected chi connectivity index (χ3v) is 5.04. The maximum absolute atomic E-state index is 12.7. The minimum Gasteiger partial charge on any atom is -0.497 e. The fourth-order valence-corrected chi connectivity index (χ4v) is 3.41. The maximum atomic E-state index is 12.7. The molecule has 0 fully saturated rings. The van der Waals surface area contributed by atoms with Gasteiger partial charge in [0.05, 0.1) is 13.7 Å². The Balaban J connectivity index is 1.55. The molecular weight excluding hydrogens is 406 g/mol. The minimum atomic E-state index is -2.93. The molecule has 31 heavy (non-hydrogen) atoms. The Hall–Kier alpha value is -3.36. The zero-order valence-electron chi connectivity index (χ0n) is 17.5. The van der Waals surface area contributed by atoms with Gasteiger partial charge in [0, 0.05) is 32.2 Å². The molecule has 2 aromatic rings. The summed E-state index contributed by atoms with van der Waals surface area (Å²) in [5.41, 5.74) is 2.91. The Morgan fingerprint density at radius 1 is 1.19 bits per heavy atom. The topological polar surface area (TPSA) is 75.2 Å². The number of rotatable bonds is 7. The van der Waals surface area contributed by atoms with Gasteiger partial charge in [-0.15, -0.1) is 0 Å². The highest BCUT2D eigenvalue weighted by molar-refractivity contribution is 5.86. The van der Waals surface area contributed by atoms with E-state index in [2.05, 4.69) is 26.4 Å². The van der Waals surface area contributed by atoms with Crippen molar-refractivity contribution < 1.29 is 23.0 Å². The van der Waals surface area contributed by atoms with Crippen molar-refractivity contribution in [3.8, 4) is 11.5 Å². The van der Waals surface area contributed by atoms with Crippen molar-refractivity contribution >= 4 is 11.9 Å². The second-order valence-corrected chi connectivity index (χ2v) is 6.97. The Bertz CT molecular complexity index is 937. The molecule has 1 aliphatic heterocycles. The van der Waals surface area contributed by atoms with Gasteiger partial charge in [-0.3, -0.25) is 9.79 Å². The van der Waals surface area contributed by atoms with E-state index in [0.29, 0.717) is 30.4 Å². The summed E-state index contributed by atoms with van der Waals surface area (Å²) < 4.78 is 35.1. The van der Waals surface area contributed by atoms with Gasteiger partial charge >= 0.3 is 6.61 Å². The first kappa shape index (κ1) is 22.3. The molecule has 2 N–H and O–H groups in total. The summed E-state index contributed by atoms with van der Waals surface area (Å²) in [5.74, 6) is 0.890. The van der Waals surface area contributed by atoms with Crippen LogP contribution in [0, 0.1) is 0 Å². The van der Waals surface area contributed by atoms with Crippen molar-refractivity contribution in [3.63, 3.8) is 0 Å². The molecule has 0 atom stereocenters. The predicted molar refractivity (Wildman–Crippen MR) is 113 cm³/mol. The average molecular weight is 432 g/mol. The number of amides is 1. The van der Waals surface area contributed by atoms with Crippen molar-refractivity contribution in [2.24, 2.45) is 4.99 Å². The van der Waals surface area contributed by atoms with Crippen LogP contribution in [-0.2, 0) is 24.3 Å². The summed E-state index contributed by atoms with van der Waals surface area (Å²) in [6.45, 7) is -1.45. The van der Waals surface area contributed by atoms with Gasteiger partial charge in [0.25, 0.3) is 0 Å². The van der Waals surface area contributed by atoms with Gasteiger partial charge in [-0.25, -0.2) is 0 Å². The number of guanidine groups is 1. The molecule has 1 aliphatic rings. The van der Waals surface area contributed by atoms with E-state index >= 15 is 0 Å². The van der Waals surface area contributed by atoms with Crippen LogP contribution in [0.25, 0.3) is 0 Å². The number of hydrogen-bond acceptors (Lipinski definition) is 4. The van der Waals surface area contributed by atoms with Gasteiger partial charge in [0.1, 0.15) is 11.5 Å². The number of carbonyl (C=O) groups excluding carboxylic acids is 1. The van der Waals surface area contributed by atoms with Crippen LogP contribution in [0.3, 0.4) is 0 Å². The van der Waals surface area contributed by atoms with Crippen LogP contribution in [0.2, 0.25) is 0 Å². The summed E-state index contributed by atoms with van der Waals surface area (Å²) >= 11 is 0. The lowest BCUT2D eigenvalue weighted by atomic mass is 10.00. The number of hydrogen-bond donors (Lipinski definition) is 2. The fourth-order valence-electron chi connectivity index (χ4n) is 3.41. The van der Waals surface area contributed by atoms with E-state index in [9.17, 15) is 13.6 Å². The lowest BCUT2D eigenvalue weighted by molar-refractivity contribution is -0.130. The Labute approximate surface area is 180 Å². The molecule has 3 rings (SSSR count).